The zero-order valence-corrected chi connectivity index (χ0v) is 17.1. The van der Waals surface area contributed by atoms with Crippen LogP contribution in [0.15, 0.2) is 103 Å². The highest BCUT2D eigenvalue weighted by Crippen LogP contribution is 2.39. The van der Waals surface area contributed by atoms with Gasteiger partial charge >= 0.3 is 0 Å². The van der Waals surface area contributed by atoms with Crippen LogP contribution in [-0.2, 0) is 0 Å². The third-order valence-corrected chi connectivity index (χ3v) is 5.39. The molecule has 0 fully saturated rings. The lowest BCUT2D eigenvalue weighted by Crippen LogP contribution is -2.16. The highest BCUT2D eigenvalue weighted by Gasteiger charge is 2.28. The van der Waals surface area contributed by atoms with Crippen molar-refractivity contribution >= 4 is 11.6 Å². The zero-order valence-electron chi connectivity index (χ0n) is 16.3. The molecule has 2 unspecified atom stereocenters. The minimum absolute atomic E-state index is 0.128. The average molecular weight is 416 g/mol. The van der Waals surface area contributed by atoms with Crippen molar-refractivity contribution in [2.24, 2.45) is 0 Å². The fourth-order valence-electron chi connectivity index (χ4n) is 3.75. The molecule has 1 N–H and O–H groups in total. The van der Waals surface area contributed by atoms with Crippen LogP contribution < -0.4 is 0 Å². The second kappa shape index (κ2) is 9.61. The fraction of sp³-hybridized carbons (Fsp3) is 0.160. The molecule has 0 aliphatic heterocycles. The number of allylic oxidation sites excluding steroid dienone is 6. The van der Waals surface area contributed by atoms with E-state index >= 15 is 0 Å². The molecule has 0 radical (unpaired) electrons. The molecule has 4 rings (SSSR count). The summed E-state index contributed by atoms with van der Waals surface area (Å²) in [6, 6.07) is 11.5. The van der Waals surface area contributed by atoms with Crippen LogP contribution in [0.1, 0.15) is 46.7 Å². The van der Waals surface area contributed by atoms with E-state index in [-0.39, 0.29) is 11.8 Å². The van der Waals surface area contributed by atoms with Crippen molar-refractivity contribution in [3.63, 3.8) is 0 Å². The Labute approximate surface area is 181 Å². The molecule has 0 aromatic carbocycles. The Balaban J connectivity index is 1.80. The van der Waals surface area contributed by atoms with Crippen molar-refractivity contribution in [2.75, 3.05) is 0 Å². The Morgan fingerprint density at radius 1 is 0.933 bits per heavy atom. The predicted octanol–water partition coefficient (Wildman–Crippen LogP) is 5.46. The number of pyridine rings is 3. The normalized spacial score (nSPS) is 19.4. The zero-order chi connectivity index (χ0) is 20.8. The van der Waals surface area contributed by atoms with E-state index in [2.05, 4.69) is 27.1 Å². The van der Waals surface area contributed by atoms with Crippen molar-refractivity contribution in [3.05, 3.63) is 125 Å². The maximum atomic E-state index is 11.6. The summed E-state index contributed by atoms with van der Waals surface area (Å²) in [5.41, 5.74) is 3.37. The minimum Gasteiger partial charge on any atom is -0.387 e. The molecule has 5 heteroatoms. The van der Waals surface area contributed by atoms with E-state index in [9.17, 15) is 5.11 Å². The van der Waals surface area contributed by atoms with E-state index < -0.39 is 6.10 Å². The van der Waals surface area contributed by atoms with Gasteiger partial charge in [0, 0.05) is 53.4 Å². The molecule has 2 atom stereocenters. The Hall–Kier alpha value is -3.08. The number of aliphatic hydroxyl groups excluding tert-OH is 1. The quantitative estimate of drug-likeness (QED) is 0.562. The Morgan fingerprint density at radius 2 is 1.63 bits per heavy atom. The van der Waals surface area contributed by atoms with Gasteiger partial charge in [0.25, 0.3) is 0 Å². The molecule has 0 spiro atoms. The molecule has 1 aliphatic carbocycles. The van der Waals surface area contributed by atoms with Crippen molar-refractivity contribution in [2.45, 2.75) is 24.4 Å². The van der Waals surface area contributed by atoms with Gasteiger partial charge in [0.15, 0.2) is 0 Å². The topological polar surface area (TPSA) is 58.9 Å². The molecule has 4 nitrogen and oxygen atoms in total. The lowest BCUT2D eigenvalue weighted by molar-refractivity contribution is 0.157. The molecule has 3 aromatic rings. The van der Waals surface area contributed by atoms with Gasteiger partial charge in [-0.2, -0.15) is 0 Å². The second-order valence-electron chi connectivity index (χ2n) is 7.12. The average Bonchev–Trinajstić information content (AvgIpc) is 2.78. The van der Waals surface area contributed by atoms with Crippen LogP contribution in [-0.4, -0.2) is 20.1 Å². The number of hydrogen-bond donors (Lipinski definition) is 1. The lowest BCUT2D eigenvalue weighted by atomic mass is 9.83. The highest BCUT2D eigenvalue weighted by atomic mass is 35.5. The third kappa shape index (κ3) is 4.56. The van der Waals surface area contributed by atoms with Crippen molar-refractivity contribution < 1.29 is 5.11 Å². The standard InChI is InChI=1S/C25H22ClN3O/c26-21-10-3-1-2-7-18(15-21)24-22(11-6-14-29-24)25(30)23(19-8-4-12-27-16-19)20-9-5-13-28-17-20/h2-18,23,25,30H,1H2/b7-2-,10-3-,21-15?. The number of hydrogen-bond acceptors (Lipinski definition) is 4. The SMILES string of the molecule is OC(c1cccnc1C1C=C(Cl)/C=C\C/C=C\1)C(c1cccnc1)c1cccnc1. The summed E-state index contributed by atoms with van der Waals surface area (Å²) in [5.74, 6) is -0.455. The van der Waals surface area contributed by atoms with Crippen LogP contribution in [0.5, 0.6) is 0 Å². The molecule has 3 aromatic heterocycles. The molecule has 0 saturated carbocycles. The predicted molar refractivity (Wildman–Crippen MR) is 119 cm³/mol. The number of aromatic nitrogens is 3. The monoisotopic (exact) mass is 415 g/mol. The summed E-state index contributed by atoms with van der Waals surface area (Å²) >= 11 is 6.36. The maximum absolute atomic E-state index is 11.6. The first-order chi connectivity index (χ1) is 14.7. The summed E-state index contributed by atoms with van der Waals surface area (Å²) in [4.78, 5) is 13.1. The molecule has 0 bridgehead atoms. The molecular formula is C25H22ClN3O. The molecule has 3 heterocycles. The smallest absolute Gasteiger partial charge is 0.0918 e. The van der Waals surface area contributed by atoms with Crippen LogP contribution >= 0.6 is 11.6 Å². The van der Waals surface area contributed by atoms with Crippen LogP contribution in [0.2, 0.25) is 0 Å². The van der Waals surface area contributed by atoms with E-state index in [4.69, 9.17) is 11.6 Å². The van der Waals surface area contributed by atoms with Gasteiger partial charge in [-0.25, -0.2) is 0 Å². The summed E-state index contributed by atoms with van der Waals surface area (Å²) in [6.45, 7) is 0. The van der Waals surface area contributed by atoms with Crippen molar-refractivity contribution in [1.29, 1.82) is 0 Å². The number of rotatable bonds is 5. The first kappa shape index (κ1) is 20.2. The highest BCUT2D eigenvalue weighted by molar-refractivity contribution is 6.31. The summed E-state index contributed by atoms with van der Waals surface area (Å²) in [6.07, 6.45) is 18.8. The Morgan fingerprint density at radius 3 is 2.30 bits per heavy atom. The van der Waals surface area contributed by atoms with Gasteiger partial charge in [0.05, 0.1) is 11.8 Å². The van der Waals surface area contributed by atoms with Gasteiger partial charge < -0.3 is 5.11 Å². The summed E-state index contributed by atoms with van der Waals surface area (Å²) in [7, 11) is 0. The molecule has 0 amide bonds. The van der Waals surface area contributed by atoms with Crippen LogP contribution in [0.4, 0.5) is 0 Å². The number of nitrogens with zero attached hydrogens (tertiary/aromatic N) is 3. The van der Waals surface area contributed by atoms with Crippen molar-refractivity contribution in [1.82, 2.24) is 15.0 Å². The Kier molecular flexibility index (Phi) is 6.47. The fourth-order valence-corrected chi connectivity index (χ4v) is 3.98. The van der Waals surface area contributed by atoms with Gasteiger partial charge in [-0.3, -0.25) is 15.0 Å². The van der Waals surface area contributed by atoms with Gasteiger partial charge in [0.1, 0.15) is 0 Å². The van der Waals surface area contributed by atoms with E-state index in [1.165, 1.54) is 0 Å². The summed E-state index contributed by atoms with van der Waals surface area (Å²) in [5, 5.41) is 12.3. The molecule has 30 heavy (non-hydrogen) atoms. The Bertz CT molecular complexity index is 1020. The second-order valence-corrected chi connectivity index (χ2v) is 7.55. The van der Waals surface area contributed by atoms with Crippen LogP contribution in [0, 0.1) is 0 Å². The first-order valence-electron chi connectivity index (χ1n) is 9.87. The van der Waals surface area contributed by atoms with Crippen molar-refractivity contribution in [3.8, 4) is 0 Å². The molecule has 1 aliphatic rings. The molecule has 150 valence electrons. The van der Waals surface area contributed by atoms with E-state index in [1.807, 2.05) is 54.6 Å². The van der Waals surface area contributed by atoms with E-state index in [0.717, 1.165) is 28.8 Å². The van der Waals surface area contributed by atoms with Gasteiger partial charge in [-0.1, -0.05) is 54.1 Å². The van der Waals surface area contributed by atoms with Gasteiger partial charge in [0.2, 0.25) is 0 Å². The van der Waals surface area contributed by atoms with E-state index in [1.54, 1.807) is 31.0 Å². The maximum Gasteiger partial charge on any atom is 0.0918 e. The molecular weight excluding hydrogens is 394 g/mol. The lowest BCUT2D eigenvalue weighted by Gasteiger charge is -2.26. The van der Waals surface area contributed by atoms with E-state index in [0.29, 0.717) is 5.03 Å². The largest absolute Gasteiger partial charge is 0.387 e. The summed E-state index contributed by atoms with van der Waals surface area (Å²) < 4.78 is 0. The van der Waals surface area contributed by atoms with Gasteiger partial charge in [-0.15, -0.1) is 0 Å². The third-order valence-electron chi connectivity index (χ3n) is 5.14. The van der Waals surface area contributed by atoms with Crippen LogP contribution in [0.25, 0.3) is 0 Å². The number of halogens is 1. The van der Waals surface area contributed by atoms with Crippen LogP contribution in [0.3, 0.4) is 0 Å². The minimum atomic E-state index is -0.830. The number of aliphatic hydroxyl groups is 1. The van der Waals surface area contributed by atoms with Gasteiger partial charge in [-0.05, 0) is 41.8 Å². The first-order valence-corrected chi connectivity index (χ1v) is 10.2. The molecule has 0 saturated heterocycles.